The van der Waals surface area contributed by atoms with E-state index in [-0.39, 0.29) is 16.7 Å². The molecular weight excluding hydrogens is 236 g/mol. The summed E-state index contributed by atoms with van der Waals surface area (Å²) in [4.78, 5) is 2.17. The van der Waals surface area contributed by atoms with E-state index in [1.165, 1.54) is 12.7 Å². The standard InChI is InChI=1S/C12H26N2O2S/c1-11(2)6-5-7-12(11,10-13)14(3)8-9-17(4,15)16/h5-10,13H2,1-4H3. The van der Waals surface area contributed by atoms with Crippen LogP contribution < -0.4 is 5.73 Å². The summed E-state index contributed by atoms with van der Waals surface area (Å²) in [6.07, 6.45) is 4.69. The first-order chi connectivity index (χ1) is 7.65. The van der Waals surface area contributed by atoms with Crippen molar-refractivity contribution >= 4 is 9.84 Å². The van der Waals surface area contributed by atoms with Gasteiger partial charge in [0.25, 0.3) is 0 Å². The van der Waals surface area contributed by atoms with Gasteiger partial charge in [0.1, 0.15) is 9.84 Å². The van der Waals surface area contributed by atoms with Gasteiger partial charge in [-0.3, -0.25) is 4.90 Å². The average molecular weight is 262 g/mol. The van der Waals surface area contributed by atoms with Crippen molar-refractivity contribution in [2.75, 3.05) is 32.1 Å². The van der Waals surface area contributed by atoms with Crippen molar-refractivity contribution in [3.63, 3.8) is 0 Å². The maximum absolute atomic E-state index is 11.2. The molecular formula is C12H26N2O2S. The maximum Gasteiger partial charge on any atom is 0.148 e. The Kier molecular flexibility index (Phi) is 4.27. The zero-order valence-electron chi connectivity index (χ0n) is 11.5. The molecule has 1 atom stereocenters. The summed E-state index contributed by atoms with van der Waals surface area (Å²) in [5, 5.41) is 0. The minimum atomic E-state index is -2.90. The summed E-state index contributed by atoms with van der Waals surface area (Å²) in [5.74, 6) is 0.210. The van der Waals surface area contributed by atoms with E-state index in [9.17, 15) is 8.42 Å². The molecule has 1 saturated carbocycles. The molecule has 0 radical (unpaired) electrons. The number of rotatable bonds is 5. The van der Waals surface area contributed by atoms with Gasteiger partial charge >= 0.3 is 0 Å². The molecule has 0 aromatic rings. The van der Waals surface area contributed by atoms with Gasteiger partial charge in [0.15, 0.2) is 0 Å². The van der Waals surface area contributed by atoms with Crippen LogP contribution in [-0.4, -0.2) is 51.0 Å². The first kappa shape index (κ1) is 14.9. The second kappa shape index (κ2) is 4.86. The number of hydrogen-bond donors (Lipinski definition) is 1. The minimum absolute atomic E-state index is 0.0440. The van der Waals surface area contributed by atoms with Crippen LogP contribution in [0.5, 0.6) is 0 Å². The second-order valence-corrected chi connectivity index (χ2v) is 8.28. The molecule has 1 aliphatic carbocycles. The Morgan fingerprint density at radius 2 is 1.88 bits per heavy atom. The Morgan fingerprint density at radius 3 is 2.24 bits per heavy atom. The van der Waals surface area contributed by atoms with Gasteiger partial charge in [0, 0.05) is 24.9 Å². The number of nitrogens with zero attached hydrogens (tertiary/aromatic N) is 1. The third-order valence-electron chi connectivity index (χ3n) is 4.52. The molecule has 0 aliphatic heterocycles. The van der Waals surface area contributed by atoms with E-state index in [1.54, 1.807) is 0 Å². The molecule has 0 aromatic heterocycles. The van der Waals surface area contributed by atoms with Crippen LogP contribution in [0.3, 0.4) is 0 Å². The molecule has 17 heavy (non-hydrogen) atoms. The van der Waals surface area contributed by atoms with Gasteiger partial charge in [0.05, 0.1) is 5.75 Å². The predicted molar refractivity (Wildman–Crippen MR) is 71.8 cm³/mol. The van der Waals surface area contributed by atoms with Crippen LogP contribution in [-0.2, 0) is 9.84 Å². The highest BCUT2D eigenvalue weighted by molar-refractivity contribution is 7.90. The first-order valence-corrected chi connectivity index (χ1v) is 8.30. The largest absolute Gasteiger partial charge is 0.329 e. The Balaban J connectivity index is 2.80. The summed E-state index contributed by atoms with van der Waals surface area (Å²) in [7, 11) is -0.898. The summed E-state index contributed by atoms with van der Waals surface area (Å²) >= 11 is 0. The third kappa shape index (κ3) is 3.01. The summed E-state index contributed by atoms with van der Waals surface area (Å²) < 4.78 is 22.5. The number of likely N-dealkylation sites (N-methyl/N-ethyl adjacent to an activating group) is 1. The van der Waals surface area contributed by atoms with Crippen LogP contribution in [0.1, 0.15) is 33.1 Å². The van der Waals surface area contributed by atoms with Crippen LogP contribution in [0, 0.1) is 5.41 Å². The van der Waals surface area contributed by atoms with Gasteiger partial charge < -0.3 is 5.73 Å². The van der Waals surface area contributed by atoms with Crippen LogP contribution in [0.4, 0.5) is 0 Å². The van der Waals surface area contributed by atoms with Gasteiger partial charge in [-0.25, -0.2) is 8.42 Å². The molecule has 0 bridgehead atoms. The Morgan fingerprint density at radius 1 is 1.29 bits per heavy atom. The molecule has 0 heterocycles. The van der Waals surface area contributed by atoms with E-state index < -0.39 is 9.84 Å². The normalized spacial score (nSPS) is 28.8. The van der Waals surface area contributed by atoms with Crippen molar-refractivity contribution in [1.82, 2.24) is 4.90 Å². The van der Waals surface area contributed by atoms with Gasteiger partial charge in [-0.05, 0) is 25.3 Å². The molecule has 0 aromatic carbocycles. The zero-order valence-corrected chi connectivity index (χ0v) is 12.3. The second-order valence-electron chi connectivity index (χ2n) is 6.02. The third-order valence-corrected chi connectivity index (χ3v) is 5.44. The quantitative estimate of drug-likeness (QED) is 0.798. The van der Waals surface area contributed by atoms with E-state index in [0.717, 1.165) is 12.8 Å². The fourth-order valence-electron chi connectivity index (χ4n) is 3.15. The van der Waals surface area contributed by atoms with Gasteiger partial charge in [0.2, 0.25) is 0 Å². The van der Waals surface area contributed by atoms with Crippen LogP contribution >= 0.6 is 0 Å². The lowest BCUT2D eigenvalue weighted by molar-refractivity contribution is 0.0384. The number of nitrogens with two attached hydrogens (primary N) is 1. The average Bonchev–Trinajstić information content (AvgIpc) is 2.49. The molecule has 1 fully saturated rings. The molecule has 1 rings (SSSR count). The maximum atomic E-state index is 11.2. The number of hydrogen-bond acceptors (Lipinski definition) is 4. The van der Waals surface area contributed by atoms with E-state index in [4.69, 9.17) is 5.73 Å². The summed E-state index contributed by atoms with van der Waals surface area (Å²) in [6, 6.07) is 0. The van der Waals surface area contributed by atoms with Crippen molar-refractivity contribution in [2.24, 2.45) is 11.1 Å². The van der Waals surface area contributed by atoms with Crippen LogP contribution in [0.15, 0.2) is 0 Å². The topological polar surface area (TPSA) is 63.4 Å². The fourth-order valence-corrected chi connectivity index (χ4v) is 3.76. The van der Waals surface area contributed by atoms with Crippen molar-refractivity contribution in [1.29, 1.82) is 0 Å². The lowest BCUT2D eigenvalue weighted by Gasteiger charge is -2.47. The van der Waals surface area contributed by atoms with E-state index in [1.807, 2.05) is 7.05 Å². The molecule has 0 spiro atoms. The predicted octanol–water partition coefficient (Wildman–Crippen LogP) is 0.870. The minimum Gasteiger partial charge on any atom is -0.329 e. The molecule has 1 unspecified atom stereocenters. The van der Waals surface area contributed by atoms with E-state index >= 15 is 0 Å². The van der Waals surface area contributed by atoms with Gasteiger partial charge in [-0.15, -0.1) is 0 Å². The number of sulfone groups is 1. The van der Waals surface area contributed by atoms with Gasteiger partial charge in [-0.2, -0.15) is 0 Å². The highest BCUT2D eigenvalue weighted by Gasteiger charge is 2.50. The molecule has 102 valence electrons. The fraction of sp³-hybridized carbons (Fsp3) is 1.00. The SMILES string of the molecule is CN(CCS(C)(=O)=O)C1(CN)CCCC1(C)C. The summed E-state index contributed by atoms with van der Waals surface area (Å²) in [5.41, 5.74) is 6.11. The molecule has 5 heteroatoms. The van der Waals surface area contributed by atoms with Crippen molar-refractivity contribution in [2.45, 2.75) is 38.6 Å². The molecule has 1 aliphatic rings. The molecule has 0 amide bonds. The van der Waals surface area contributed by atoms with Crippen molar-refractivity contribution in [3.05, 3.63) is 0 Å². The monoisotopic (exact) mass is 262 g/mol. The van der Waals surface area contributed by atoms with Crippen LogP contribution in [0.2, 0.25) is 0 Å². The first-order valence-electron chi connectivity index (χ1n) is 6.24. The zero-order chi connectivity index (χ0) is 13.3. The van der Waals surface area contributed by atoms with Gasteiger partial charge in [-0.1, -0.05) is 20.3 Å². The Bertz CT molecular complexity index is 365. The van der Waals surface area contributed by atoms with E-state index in [2.05, 4.69) is 18.7 Å². The lowest BCUT2D eigenvalue weighted by Crippen LogP contribution is -2.59. The summed E-state index contributed by atoms with van der Waals surface area (Å²) in [6.45, 7) is 5.65. The Labute approximate surface area is 105 Å². The van der Waals surface area contributed by atoms with Crippen LogP contribution in [0.25, 0.3) is 0 Å². The van der Waals surface area contributed by atoms with Crippen molar-refractivity contribution in [3.8, 4) is 0 Å². The molecule has 4 nitrogen and oxygen atoms in total. The highest BCUT2D eigenvalue weighted by Crippen LogP contribution is 2.48. The molecule has 2 N–H and O–H groups in total. The highest BCUT2D eigenvalue weighted by atomic mass is 32.2. The lowest BCUT2D eigenvalue weighted by atomic mass is 9.74. The smallest absolute Gasteiger partial charge is 0.148 e. The Hall–Kier alpha value is -0.130. The molecule has 0 saturated heterocycles. The van der Waals surface area contributed by atoms with Crippen molar-refractivity contribution < 1.29 is 8.42 Å². The van der Waals surface area contributed by atoms with E-state index in [0.29, 0.717) is 13.1 Å².